The molecule has 2 heterocycles. The van der Waals surface area contributed by atoms with E-state index in [-0.39, 0.29) is 0 Å². The number of para-hydroxylation sites is 1. The Morgan fingerprint density at radius 3 is 2.58 bits per heavy atom. The number of benzene rings is 1. The summed E-state index contributed by atoms with van der Waals surface area (Å²) in [6.07, 6.45) is 8.49. The van der Waals surface area contributed by atoms with E-state index in [9.17, 15) is 0 Å². The van der Waals surface area contributed by atoms with Crippen molar-refractivity contribution in [1.82, 2.24) is 9.80 Å². The molecular weight excluding hydrogens is 324 g/mol. The average molecular weight is 359 g/mol. The molecule has 1 saturated carbocycles. The molecule has 2 aliphatic heterocycles. The average Bonchev–Trinajstić information content (AvgIpc) is 3.00. The van der Waals surface area contributed by atoms with Crippen LogP contribution in [0.3, 0.4) is 0 Å². The van der Waals surface area contributed by atoms with Gasteiger partial charge in [0.2, 0.25) is 0 Å². The Morgan fingerprint density at radius 2 is 1.85 bits per heavy atom. The van der Waals surface area contributed by atoms with Crippen molar-refractivity contribution in [3.05, 3.63) is 23.8 Å². The summed E-state index contributed by atoms with van der Waals surface area (Å²) in [5, 5.41) is 0. The van der Waals surface area contributed by atoms with Crippen LogP contribution in [0.2, 0.25) is 0 Å². The third-order valence-corrected chi connectivity index (χ3v) is 6.88. The third kappa shape index (κ3) is 3.72. The first-order valence-electron chi connectivity index (χ1n) is 10.4. The van der Waals surface area contributed by atoms with E-state index in [2.05, 4.69) is 21.9 Å². The minimum atomic E-state index is 0.522. The fourth-order valence-electron chi connectivity index (χ4n) is 5.32. The number of rotatable bonds is 6. The van der Waals surface area contributed by atoms with Crippen LogP contribution in [-0.2, 0) is 6.54 Å². The molecule has 1 aromatic carbocycles. The van der Waals surface area contributed by atoms with Gasteiger partial charge in [0.05, 0.1) is 14.2 Å². The van der Waals surface area contributed by atoms with Crippen LogP contribution in [0.1, 0.15) is 44.1 Å². The van der Waals surface area contributed by atoms with Crippen molar-refractivity contribution in [2.24, 2.45) is 11.3 Å². The summed E-state index contributed by atoms with van der Waals surface area (Å²) in [4.78, 5) is 5.41. The van der Waals surface area contributed by atoms with Gasteiger partial charge in [0.15, 0.2) is 11.5 Å². The van der Waals surface area contributed by atoms with Crippen molar-refractivity contribution < 1.29 is 9.47 Å². The molecule has 4 rings (SSSR count). The van der Waals surface area contributed by atoms with Crippen molar-refractivity contribution in [3.63, 3.8) is 0 Å². The van der Waals surface area contributed by atoms with Gasteiger partial charge in [0.25, 0.3) is 0 Å². The molecule has 3 aliphatic rings. The predicted molar refractivity (Wildman–Crippen MR) is 105 cm³/mol. The number of methoxy groups -OCH3 is 2. The van der Waals surface area contributed by atoms with Crippen molar-refractivity contribution in [1.29, 1.82) is 0 Å². The van der Waals surface area contributed by atoms with Gasteiger partial charge in [0.1, 0.15) is 0 Å². The molecule has 0 N–H and O–H groups in total. The SMILES string of the molecule is COc1cccc(CN2CCC[C@]3(CCN(CC4CCC4)C3)C2)c1OC. The summed E-state index contributed by atoms with van der Waals surface area (Å²) >= 11 is 0. The van der Waals surface area contributed by atoms with Crippen LogP contribution < -0.4 is 9.47 Å². The van der Waals surface area contributed by atoms with Crippen LogP contribution in [0.5, 0.6) is 11.5 Å². The van der Waals surface area contributed by atoms with Crippen molar-refractivity contribution in [2.75, 3.05) is 46.9 Å². The fourth-order valence-corrected chi connectivity index (χ4v) is 5.32. The van der Waals surface area contributed by atoms with Crippen molar-refractivity contribution in [2.45, 2.75) is 45.1 Å². The zero-order chi connectivity index (χ0) is 18.0. The Bertz CT molecular complexity index is 616. The van der Waals surface area contributed by atoms with Crippen LogP contribution in [0.25, 0.3) is 0 Å². The van der Waals surface area contributed by atoms with Crippen LogP contribution in [0.15, 0.2) is 18.2 Å². The zero-order valence-electron chi connectivity index (χ0n) is 16.5. The molecule has 1 spiro atoms. The lowest BCUT2D eigenvalue weighted by molar-refractivity contribution is 0.0821. The highest BCUT2D eigenvalue weighted by molar-refractivity contribution is 5.46. The number of piperidine rings is 1. The second-order valence-electron chi connectivity index (χ2n) is 8.75. The zero-order valence-corrected chi connectivity index (χ0v) is 16.5. The fraction of sp³-hybridized carbons (Fsp3) is 0.727. The van der Waals surface area contributed by atoms with Gasteiger partial charge in [-0.1, -0.05) is 18.6 Å². The molecule has 3 fully saturated rings. The van der Waals surface area contributed by atoms with Gasteiger partial charge in [-0.3, -0.25) is 4.90 Å². The second-order valence-corrected chi connectivity index (χ2v) is 8.75. The third-order valence-electron chi connectivity index (χ3n) is 6.88. The normalized spacial score (nSPS) is 27.6. The molecule has 0 aromatic heterocycles. The summed E-state index contributed by atoms with van der Waals surface area (Å²) in [7, 11) is 3.46. The Balaban J connectivity index is 1.40. The number of ether oxygens (including phenoxy) is 2. The summed E-state index contributed by atoms with van der Waals surface area (Å²) in [5.74, 6) is 2.72. The summed E-state index contributed by atoms with van der Waals surface area (Å²) < 4.78 is 11.1. The van der Waals surface area contributed by atoms with E-state index in [0.29, 0.717) is 5.41 Å². The Hall–Kier alpha value is -1.26. The molecule has 0 radical (unpaired) electrons. The number of hydrogen-bond donors (Lipinski definition) is 0. The van der Waals surface area contributed by atoms with Crippen LogP contribution in [0, 0.1) is 11.3 Å². The lowest BCUT2D eigenvalue weighted by Crippen LogP contribution is -2.44. The van der Waals surface area contributed by atoms with Gasteiger partial charge >= 0.3 is 0 Å². The van der Waals surface area contributed by atoms with Gasteiger partial charge in [0, 0.05) is 31.7 Å². The maximum atomic E-state index is 5.65. The molecule has 0 unspecified atom stereocenters. The van der Waals surface area contributed by atoms with Gasteiger partial charge in [-0.2, -0.15) is 0 Å². The Morgan fingerprint density at radius 1 is 1.00 bits per heavy atom. The number of nitrogens with zero attached hydrogens (tertiary/aromatic N) is 2. The largest absolute Gasteiger partial charge is 0.493 e. The Labute approximate surface area is 158 Å². The minimum Gasteiger partial charge on any atom is -0.493 e. The van der Waals surface area contributed by atoms with Crippen molar-refractivity contribution in [3.8, 4) is 11.5 Å². The van der Waals surface area contributed by atoms with Gasteiger partial charge in [-0.25, -0.2) is 0 Å². The molecule has 0 amide bonds. The van der Waals surface area contributed by atoms with Gasteiger partial charge in [-0.15, -0.1) is 0 Å². The van der Waals surface area contributed by atoms with E-state index in [1.54, 1.807) is 14.2 Å². The van der Waals surface area contributed by atoms with E-state index >= 15 is 0 Å². The molecule has 26 heavy (non-hydrogen) atoms. The van der Waals surface area contributed by atoms with Crippen LogP contribution >= 0.6 is 0 Å². The smallest absolute Gasteiger partial charge is 0.165 e. The molecule has 1 atom stereocenters. The molecular formula is C22H34N2O2. The predicted octanol–water partition coefficient (Wildman–Crippen LogP) is 3.79. The van der Waals surface area contributed by atoms with E-state index in [0.717, 1.165) is 24.0 Å². The monoisotopic (exact) mass is 358 g/mol. The second kappa shape index (κ2) is 7.77. The van der Waals surface area contributed by atoms with Gasteiger partial charge in [-0.05, 0) is 62.6 Å². The van der Waals surface area contributed by atoms with Gasteiger partial charge < -0.3 is 14.4 Å². The first-order chi connectivity index (χ1) is 12.7. The topological polar surface area (TPSA) is 24.9 Å². The van der Waals surface area contributed by atoms with E-state index < -0.39 is 0 Å². The molecule has 144 valence electrons. The molecule has 2 saturated heterocycles. The molecule has 4 heteroatoms. The number of likely N-dealkylation sites (tertiary alicyclic amines) is 2. The highest BCUT2D eigenvalue weighted by Crippen LogP contribution is 2.41. The first kappa shape index (κ1) is 18.1. The minimum absolute atomic E-state index is 0.522. The van der Waals surface area contributed by atoms with E-state index in [1.807, 2.05) is 6.07 Å². The lowest BCUT2D eigenvalue weighted by Gasteiger charge is -2.41. The Kier molecular flexibility index (Phi) is 5.42. The molecule has 0 bridgehead atoms. The molecule has 4 nitrogen and oxygen atoms in total. The van der Waals surface area contributed by atoms with Crippen LogP contribution in [-0.4, -0.2) is 56.7 Å². The first-order valence-corrected chi connectivity index (χ1v) is 10.4. The standard InChI is InChI=1S/C22H34N2O2/c1-25-20-9-4-8-19(21(20)26-2)15-23-12-5-10-22(16-23)11-13-24(17-22)14-18-6-3-7-18/h4,8-9,18H,3,5-7,10-17H2,1-2H3/t22-/m0/s1. The highest BCUT2D eigenvalue weighted by Gasteiger charge is 2.41. The number of hydrogen-bond acceptors (Lipinski definition) is 4. The van der Waals surface area contributed by atoms with E-state index in [4.69, 9.17) is 9.47 Å². The summed E-state index contributed by atoms with van der Waals surface area (Å²) in [6.45, 7) is 7.37. The maximum absolute atomic E-state index is 5.65. The summed E-state index contributed by atoms with van der Waals surface area (Å²) in [5.41, 5.74) is 1.77. The van der Waals surface area contributed by atoms with Crippen LogP contribution in [0.4, 0.5) is 0 Å². The quantitative estimate of drug-likeness (QED) is 0.772. The lowest BCUT2D eigenvalue weighted by atomic mass is 9.79. The maximum Gasteiger partial charge on any atom is 0.165 e. The van der Waals surface area contributed by atoms with Crippen molar-refractivity contribution >= 4 is 0 Å². The molecule has 1 aliphatic carbocycles. The highest BCUT2D eigenvalue weighted by atomic mass is 16.5. The summed E-state index contributed by atoms with van der Waals surface area (Å²) in [6, 6.07) is 6.24. The van der Waals surface area contributed by atoms with E-state index in [1.165, 1.54) is 76.8 Å². The molecule has 1 aromatic rings.